The van der Waals surface area contributed by atoms with Gasteiger partial charge in [0.2, 0.25) is 0 Å². The molecule has 1 amide bonds. The lowest BCUT2D eigenvalue weighted by Crippen LogP contribution is -2.23. The van der Waals surface area contributed by atoms with Gasteiger partial charge in [-0.05, 0) is 42.5 Å². The molecule has 2 aromatic rings. The fourth-order valence-corrected chi connectivity index (χ4v) is 1.95. The summed E-state index contributed by atoms with van der Waals surface area (Å²) in [5.74, 6) is -1.52. The number of nitrogens with one attached hydrogen (secondary N) is 1. The molecule has 0 aromatic heterocycles. The van der Waals surface area contributed by atoms with Gasteiger partial charge in [0.15, 0.2) is 13.2 Å². The second kappa shape index (κ2) is 8.66. The molecular weight excluding hydrogens is 351 g/mol. The molecule has 2 rings (SSSR count). The van der Waals surface area contributed by atoms with E-state index in [1.165, 1.54) is 18.2 Å². The molecule has 25 heavy (non-hydrogen) atoms. The van der Waals surface area contributed by atoms with E-state index in [1.807, 2.05) is 6.07 Å². The third-order valence-corrected chi connectivity index (χ3v) is 3.22. The Kier molecular flexibility index (Phi) is 6.32. The van der Waals surface area contributed by atoms with Gasteiger partial charge in [-0.1, -0.05) is 11.6 Å². The molecule has 0 unspecified atom stereocenters. The summed E-state index contributed by atoms with van der Waals surface area (Å²) in [5.41, 5.74) is 0.670. The van der Waals surface area contributed by atoms with Gasteiger partial charge >= 0.3 is 5.97 Å². The molecule has 1 N–H and O–H groups in total. The Hall–Kier alpha value is -3.11. The van der Waals surface area contributed by atoms with Crippen molar-refractivity contribution < 1.29 is 23.5 Å². The molecule has 0 heterocycles. The summed E-state index contributed by atoms with van der Waals surface area (Å²) in [6.07, 6.45) is 0. The normalized spacial score (nSPS) is 9.80. The third-order valence-electron chi connectivity index (χ3n) is 2.91. The predicted molar refractivity (Wildman–Crippen MR) is 87.7 cm³/mol. The van der Waals surface area contributed by atoms with Gasteiger partial charge in [0.1, 0.15) is 11.6 Å². The molecule has 0 fully saturated rings. The number of esters is 1. The molecule has 0 saturated carbocycles. The molecule has 0 atom stereocenters. The highest BCUT2D eigenvalue weighted by Gasteiger charge is 2.11. The maximum Gasteiger partial charge on any atom is 0.344 e. The van der Waals surface area contributed by atoms with Crippen molar-refractivity contribution in [2.24, 2.45) is 0 Å². The molecule has 8 heteroatoms. The van der Waals surface area contributed by atoms with Crippen molar-refractivity contribution in [3.63, 3.8) is 0 Å². The van der Waals surface area contributed by atoms with Crippen LogP contribution in [0, 0.1) is 17.1 Å². The molecule has 0 bridgehead atoms. The average Bonchev–Trinajstić information content (AvgIpc) is 2.61. The number of amides is 1. The van der Waals surface area contributed by atoms with Crippen molar-refractivity contribution in [2.45, 2.75) is 0 Å². The van der Waals surface area contributed by atoms with E-state index in [0.717, 1.165) is 12.1 Å². The Balaban J connectivity index is 1.75. The molecule has 128 valence electrons. The number of hydrogen-bond donors (Lipinski definition) is 1. The topological polar surface area (TPSA) is 88.4 Å². The third kappa shape index (κ3) is 5.79. The highest BCUT2D eigenvalue weighted by molar-refractivity contribution is 6.33. The first-order chi connectivity index (χ1) is 12.0. The number of carbonyl (C=O) groups excluding carboxylic acids is 2. The van der Waals surface area contributed by atoms with Crippen LogP contribution < -0.4 is 10.1 Å². The number of hydrogen-bond acceptors (Lipinski definition) is 5. The first kappa shape index (κ1) is 18.2. The fourth-order valence-electron chi connectivity index (χ4n) is 1.73. The Labute approximate surface area is 147 Å². The van der Waals surface area contributed by atoms with Gasteiger partial charge in [-0.3, -0.25) is 4.79 Å². The first-order valence-corrected chi connectivity index (χ1v) is 7.39. The number of carbonyl (C=O) groups is 2. The number of halogens is 2. The standard InChI is InChI=1S/C17H12ClFN2O4/c18-14-7-12(19)3-6-15(14)21-16(22)9-25-17(23)10-24-13-4-1-11(8-20)2-5-13/h1-7H,9-10H2,(H,21,22). The van der Waals surface area contributed by atoms with Crippen molar-refractivity contribution >= 4 is 29.2 Å². The van der Waals surface area contributed by atoms with Crippen molar-refractivity contribution in [1.29, 1.82) is 5.26 Å². The van der Waals surface area contributed by atoms with E-state index >= 15 is 0 Å². The Bertz CT molecular complexity index is 818. The maximum absolute atomic E-state index is 12.9. The monoisotopic (exact) mass is 362 g/mol. The molecular formula is C17H12ClFN2O4. The van der Waals surface area contributed by atoms with E-state index in [1.54, 1.807) is 12.1 Å². The zero-order valence-corrected chi connectivity index (χ0v) is 13.5. The van der Waals surface area contributed by atoms with Crippen molar-refractivity contribution in [2.75, 3.05) is 18.5 Å². The summed E-state index contributed by atoms with van der Waals surface area (Å²) in [5, 5.41) is 11.1. The molecule has 0 aliphatic rings. The zero-order chi connectivity index (χ0) is 18.2. The predicted octanol–water partition coefficient (Wildman–Crippen LogP) is 2.91. The van der Waals surface area contributed by atoms with Gasteiger partial charge < -0.3 is 14.8 Å². The molecule has 0 aliphatic heterocycles. The summed E-state index contributed by atoms with van der Waals surface area (Å²) >= 11 is 5.77. The van der Waals surface area contributed by atoms with Crippen LogP contribution in [-0.2, 0) is 14.3 Å². The van der Waals surface area contributed by atoms with Gasteiger partial charge in [-0.2, -0.15) is 5.26 Å². The number of ether oxygens (including phenoxy) is 2. The molecule has 0 aliphatic carbocycles. The maximum atomic E-state index is 12.9. The van der Waals surface area contributed by atoms with Gasteiger partial charge in [0, 0.05) is 0 Å². The summed E-state index contributed by atoms with van der Waals surface area (Å²) in [4.78, 5) is 23.2. The Morgan fingerprint density at radius 2 is 1.88 bits per heavy atom. The van der Waals surface area contributed by atoms with Crippen molar-refractivity contribution in [3.8, 4) is 11.8 Å². The van der Waals surface area contributed by atoms with Gasteiger partial charge in [0.25, 0.3) is 5.91 Å². The number of nitriles is 1. The molecule has 6 nitrogen and oxygen atoms in total. The highest BCUT2D eigenvalue weighted by Crippen LogP contribution is 2.22. The number of rotatable bonds is 6. The lowest BCUT2D eigenvalue weighted by Gasteiger charge is -2.09. The van der Waals surface area contributed by atoms with Crippen LogP contribution in [0.15, 0.2) is 42.5 Å². The van der Waals surface area contributed by atoms with Crippen LogP contribution in [-0.4, -0.2) is 25.1 Å². The summed E-state index contributed by atoms with van der Waals surface area (Å²) in [7, 11) is 0. The Morgan fingerprint density at radius 3 is 2.52 bits per heavy atom. The highest BCUT2D eigenvalue weighted by atomic mass is 35.5. The number of benzene rings is 2. The lowest BCUT2D eigenvalue weighted by molar-refractivity contribution is -0.149. The largest absolute Gasteiger partial charge is 0.482 e. The molecule has 0 radical (unpaired) electrons. The van der Waals surface area contributed by atoms with Crippen molar-refractivity contribution in [3.05, 3.63) is 58.9 Å². The minimum atomic E-state index is -0.746. The molecule has 0 spiro atoms. The molecule has 0 saturated heterocycles. The van der Waals surface area contributed by atoms with Crippen LogP contribution in [0.2, 0.25) is 5.02 Å². The Morgan fingerprint density at radius 1 is 1.16 bits per heavy atom. The smallest absolute Gasteiger partial charge is 0.344 e. The minimum absolute atomic E-state index is 0.0313. The van der Waals surface area contributed by atoms with Crippen LogP contribution in [0.25, 0.3) is 0 Å². The number of nitrogens with zero attached hydrogens (tertiary/aromatic N) is 1. The van der Waals surface area contributed by atoms with E-state index in [9.17, 15) is 14.0 Å². The van der Waals surface area contributed by atoms with Gasteiger partial charge in [-0.15, -0.1) is 0 Å². The fraction of sp³-hybridized carbons (Fsp3) is 0.118. The minimum Gasteiger partial charge on any atom is -0.482 e. The van der Waals surface area contributed by atoms with E-state index in [0.29, 0.717) is 11.3 Å². The van der Waals surface area contributed by atoms with E-state index in [2.05, 4.69) is 5.32 Å². The molecule has 2 aromatic carbocycles. The second-order valence-corrected chi connectivity index (χ2v) is 5.17. The van der Waals surface area contributed by atoms with Crippen molar-refractivity contribution in [1.82, 2.24) is 0 Å². The SMILES string of the molecule is N#Cc1ccc(OCC(=O)OCC(=O)Nc2ccc(F)cc2Cl)cc1. The zero-order valence-electron chi connectivity index (χ0n) is 12.8. The average molecular weight is 363 g/mol. The van der Waals surface area contributed by atoms with Crippen LogP contribution in [0.5, 0.6) is 5.75 Å². The second-order valence-electron chi connectivity index (χ2n) is 4.76. The summed E-state index contributed by atoms with van der Waals surface area (Å²) < 4.78 is 22.8. The van der Waals surface area contributed by atoms with E-state index in [-0.39, 0.29) is 10.7 Å². The number of anilines is 1. The van der Waals surface area contributed by atoms with E-state index < -0.39 is 30.9 Å². The van der Waals surface area contributed by atoms with E-state index in [4.69, 9.17) is 26.3 Å². The quantitative estimate of drug-likeness (QED) is 0.798. The lowest BCUT2D eigenvalue weighted by atomic mass is 10.2. The van der Waals surface area contributed by atoms with Crippen LogP contribution in [0.1, 0.15) is 5.56 Å². The first-order valence-electron chi connectivity index (χ1n) is 7.01. The van der Waals surface area contributed by atoms with Crippen LogP contribution >= 0.6 is 11.6 Å². The summed E-state index contributed by atoms with van der Waals surface area (Å²) in [6, 6.07) is 11.6. The van der Waals surface area contributed by atoms with Gasteiger partial charge in [-0.25, -0.2) is 9.18 Å². The summed E-state index contributed by atoms with van der Waals surface area (Å²) in [6.45, 7) is -0.931. The van der Waals surface area contributed by atoms with Crippen LogP contribution in [0.4, 0.5) is 10.1 Å². The van der Waals surface area contributed by atoms with Gasteiger partial charge in [0.05, 0.1) is 22.3 Å². The van der Waals surface area contributed by atoms with Crippen LogP contribution in [0.3, 0.4) is 0 Å².